The van der Waals surface area contributed by atoms with Gasteiger partial charge in [-0.1, -0.05) is 24.3 Å². The number of ether oxygens (including phenoxy) is 4. The van der Waals surface area contributed by atoms with E-state index in [1.54, 1.807) is 86.6 Å². The lowest BCUT2D eigenvalue weighted by atomic mass is 10.00. The summed E-state index contributed by atoms with van der Waals surface area (Å²) in [4.78, 5) is 50.7. The van der Waals surface area contributed by atoms with E-state index >= 15 is 0 Å². The number of carbonyl (C=O) groups excluding carboxylic acids is 4. The van der Waals surface area contributed by atoms with Crippen molar-refractivity contribution in [3.05, 3.63) is 119 Å². The summed E-state index contributed by atoms with van der Waals surface area (Å²) in [7, 11) is 0. The lowest BCUT2D eigenvalue weighted by molar-refractivity contribution is 0.00450. The normalized spacial score (nSPS) is 13.1. The monoisotopic (exact) mass is 688 g/mol. The fourth-order valence-corrected chi connectivity index (χ4v) is 5.63. The van der Waals surface area contributed by atoms with Crippen LogP contribution in [0.15, 0.2) is 97.1 Å². The number of benzene rings is 6. The third-order valence-electron chi connectivity index (χ3n) is 8.31. The van der Waals surface area contributed by atoms with Crippen LogP contribution in [0.2, 0.25) is 0 Å². The van der Waals surface area contributed by atoms with Crippen LogP contribution in [0.4, 0.5) is 0 Å². The first kappa shape index (κ1) is 35.0. The van der Waals surface area contributed by atoms with Gasteiger partial charge in [0.15, 0.2) is 0 Å². The predicted molar refractivity (Wildman–Crippen MR) is 192 cm³/mol. The van der Waals surface area contributed by atoms with Crippen molar-refractivity contribution < 1.29 is 48.3 Å². The molecule has 0 heterocycles. The molecule has 0 radical (unpaired) electrons. The molecular formula is C41H36O10. The van der Waals surface area contributed by atoms with Crippen LogP contribution in [0.3, 0.4) is 0 Å². The maximum atomic E-state index is 13.0. The largest absolute Gasteiger partial charge is 0.459 e. The second-order valence-corrected chi connectivity index (χ2v) is 12.6. The number of carbonyl (C=O) groups is 4. The Bertz CT molecular complexity index is 2310. The minimum absolute atomic E-state index is 0.0880. The molecule has 260 valence electrons. The van der Waals surface area contributed by atoms with E-state index in [0.29, 0.717) is 22.3 Å². The highest BCUT2D eigenvalue weighted by molar-refractivity contribution is 6.05. The highest BCUT2D eigenvalue weighted by Crippen LogP contribution is 2.27. The van der Waals surface area contributed by atoms with E-state index in [0.717, 1.165) is 43.1 Å². The second kappa shape index (κ2) is 15.0. The number of hydrogen-bond acceptors (Lipinski definition) is 10. The first-order chi connectivity index (χ1) is 24.5. The van der Waals surface area contributed by atoms with Crippen LogP contribution < -0.4 is 0 Å². The van der Waals surface area contributed by atoms with Crippen molar-refractivity contribution in [2.75, 3.05) is 19.8 Å². The molecule has 0 spiro atoms. The quantitative estimate of drug-likeness (QED) is 0.0849. The first-order valence-electron chi connectivity index (χ1n) is 16.5. The van der Waals surface area contributed by atoms with E-state index in [9.17, 15) is 24.3 Å². The minimum atomic E-state index is -0.752. The van der Waals surface area contributed by atoms with Crippen molar-refractivity contribution in [3.63, 3.8) is 0 Å². The molecule has 0 aliphatic heterocycles. The van der Waals surface area contributed by atoms with Crippen molar-refractivity contribution in [3.8, 4) is 0 Å². The number of aliphatic hydroxyl groups is 2. The van der Waals surface area contributed by atoms with Gasteiger partial charge in [-0.2, -0.15) is 0 Å². The number of esters is 4. The van der Waals surface area contributed by atoms with Crippen LogP contribution in [0.1, 0.15) is 62.2 Å². The second-order valence-electron chi connectivity index (χ2n) is 12.6. The summed E-state index contributed by atoms with van der Waals surface area (Å²) in [6, 6.07) is 28.4. The van der Waals surface area contributed by atoms with Gasteiger partial charge in [0.2, 0.25) is 0 Å². The average Bonchev–Trinajstić information content (AvgIpc) is 3.13. The van der Waals surface area contributed by atoms with Gasteiger partial charge in [-0.25, -0.2) is 19.2 Å². The van der Waals surface area contributed by atoms with Crippen molar-refractivity contribution in [2.24, 2.45) is 0 Å². The SMILES string of the molecule is CC(O)COC(=O)c1ccc2cc3cc(C(=O)OC(C)COC(=O)c4ccc5cc6cc(C(=O)OC(C)CO)ccc6cc5c4)ccc3cc2c1. The molecule has 6 aromatic carbocycles. The van der Waals surface area contributed by atoms with E-state index in [4.69, 9.17) is 24.1 Å². The van der Waals surface area contributed by atoms with Crippen molar-refractivity contribution in [1.29, 1.82) is 0 Å². The Morgan fingerprint density at radius 3 is 1.16 bits per heavy atom. The van der Waals surface area contributed by atoms with Gasteiger partial charge in [0.05, 0.1) is 35.0 Å². The van der Waals surface area contributed by atoms with Gasteiger partial charge in [0, 0.05) is 0 Å². The Kier molecular flexibility index (Phi) is 10.3. The molecule has 0 aromatic heterocycles. The van der Waals surface area contributed by atoms with Crippen LogP contribution in [-0.2, 0) is 18.9 Å². The van der Waals surface area contributed by atoms with Gasteiger partial charge in [-0.3, -0.25) is 0 Å². The lowest BCUT2D eigenvalue weighted by Gasteiger charge is -2.14. The molecule has 51 heavy (non-hydrogen) atoms. The minimum Gasteiger partial charge on any atom is -0.459 e. The average molecular weight is 689 g/mol. The molecule has 0 aliphatic rings. The van der Waals surface area contributed by atoms with E-state index in [-0.39, 0.29) is 19.8 Å². The summed E-state index contributed by atoms with van der Waals surface area (Å²) in [5.41, 5.74) is 1.42. The standard InChI is InChI=1S/C41H36O10/c1-23(43)21-48-38(44)30-8-4-26-15-37-19-33(11-7-29(37)12-34(26)16-30)41(47)51-25(3)22-49-39(45)31-9-5-27-14-36-18-32(40(46)50-24(2)20-42)10-6-28(36)13-35(27)17-31/h4-19,23-25,42-43H,20-22H2,1-3H3. The first-order valence-corrected chi connectivity index (χ1v) is 16.5. The third kappa shape index (κ3) is 8.15. The van der Waals surface area contributed by atoms with E-state index < -0.39 is 42.2 Å². The van der Waals surface area contributed by atoms with E-state index in [2.05, 4.69) is 0 Å². The third-order valence-corrected chi connectivity index (χ3v) is 8.31. The van der Waals surface area contributed by atoms with Crippen LogP contribution in [0.5, 0.6) is 0 Å². The molecule has 0 saturated carbocycles. The summed E-state index contributed by atoms with van der Waals surface area (Å²) >= 11 is 0. The van der Waals surface area contributed by atoms with Crippen LogP contribution in [0.25, 0.3) is 43.1 Å². The summed E-state index contributed by atoms with van der Waals surface area (Å²) in [6.45, 7) is 4.30. The highest BCUT2D eigenvalue weighted by Gasteiger charge is 2.17. The molecule has 0 aliphatic carbocycles. The smallest absolute Gasteiger partial charge is 0.338 e. The molecule has 10 nitrogen and oxygen atoms in total. The molecule has 3 unspecified atom stereocenters. The summed E-state index contributed by atoms with van der Waals surface area (Å²) < 4.78 is 21.4. The summed E-state index contributed by atoms with van der Waals surface area (Å²) in [5, 5.41) is 25.3. The van der Waals surface area contributed by atoms with Gasteiger partial charge < -0.3 is 29.2 Å². The van der Waals surface area contributed by atoms with E-state index in [1.165, 1.54) is 6.92 Å². The fraction of sp³-hybridized carbons (Fsp3) is 0.220. The van der Waals surface area contributed by atoms with Crippen LogP contribution in [-0.4, -0.2) is 72.2 Å². The molecule has 6 rings (SSSR count). The van der Waals surface area contributed by atoms with Crippen molar-refractivity contribution in [2.45, 2.75) is 39.1 Å². The molecule has 10 heteroatoms. The van der Waals surface area contributed by atoms with Crippen LogP contribution >= 0.6 is 0 Å². The molecule has 0 amide bonds. The van der Waals surface area contributed by atoms with Gasteiger partial charge in [0.25, 0.3) is 0 Å². The van der Waals surface area contributed by atoms with Gasteiger partial charge in [0.1, 0.15) is 25.4 Å². The molecule has 2 N–H and O–H groups in total. The Labute approximate surface area is 293 Å². The number of hydrogen-bond donors (Lipinski definition) is 2. The number of aliphatic hydroxyl groups excluding tert-OH is 2. The van der Waals surface area contributed by atoms with Gasteiger partial charge in [-0.05, 0) is 137 Å². The van der Waals surface area contributed by atoms with Crippen LogP contribution in [0, 0.1) is 0 Å². The molecule has 0 saturated heterocycles. The lowest BCUT2D eigenvalue weighted by Crippen LogP contribution is -2.22. The molecule has 0 fully saturated rings. The van der Waals surface area contributed by atoms with Crippen molar-refractivity contribution >= 4 is 67.0 Å². The zero-order chi connectivity index (χ0) is 36.2. The Morgan fingerprint density at radius 2 is 0.804 bits per heavy atom. The number of rotatable bonds is 11. The molecular weight excluding hydrogens is 652 g/mol. The topological polar surface area (TPSA) is 146 Å². The Balaban J connectivity index is 1.08. The predicted octanol–water partition coefficient (Wildman–Crippen LogP) is 6.78. The molecule has 0 bridgehead atoms. The molecule has 6 aromatic rings. The zero-order valence-corrected chi connectivity index (χ0v) is 28.3. The van der Waals surface area contributed by atoms with Crippen molar-refractivity contribution in [1.82, 2.24) is 0 Å². The maximum absolute atomic E-state index is 13.0. The maximum Gasteiger partial charge on any atom is 0.338 e. The summed E-state index contributed by atoms with van der Waals surface area (Å²) in [5.74, 6) is -2.16. The Hall–Kier alpha value is -5.84. The zero-order valence-electron chi connectivity index (χ0n) is 28.3. The van der Waals surface area contributed by atoms with E-state index in [1.807, 2.05) is 24.3 Å². The van der Waals surface area contributed by atoms with Gasteiger partial charge in [-0.15, -0.1) is 0 Å². The fourth-order valence-electron chi connectivity index (χ4n) is 5.63. The van der Waals surface area contributed by atoms with Gasteiger partial charge >= 0.3 is 23.9 Å². The molecule has 3 atom stereocenters. The number of fused-ring (bicyclic) bond motifs is 4. The Morgan fingerprint density at radius 1 is 0.471 bits per heavy atom. The highest BCUT2D eigenvalue weighted by atomic mass is 16.6. The summed E-state index contributed by atoms with van der Waals surface area (Å²) in [6.07, 6.45) is -2.07.